The van der Waals surface area contributed by atoms with Crippen LogP contribution in [-0.4, -0.2) is 22.1 Å². The van der Waals surface area contributed by atoms with Gasteiger partial charge in [0.2, 0.25) is 0 Å². The van der Waals surface area contributed by atoms with Crippen molar-refractivity contribution in [2.75, 3.05) is 17.7 Å². The fraction of sp³-hybridized carbons (Fsp3) is 0.167. The SMILES string of the molecule is COc1ccc(Nc2cc(NCc3ccccn3)nc(C)n2)cc1Cl. The molecule has 0 radical (unpaired) electrons. The molecule has 0 aliphatic carbocycles. The minimum Gasteiger partial charge on any atom is -0.495 e. The summed E-state index contributed by atoms with van der Waals surface area (Å²) < 4.78 is 5.16. The Kier molecular flexibility index (Phi) is 5.30. The number of nitrogens with one attached hydrogen (secondary N) is 2. The average molecular weight is 356 g/mol. The molecular formula is C18H18ClN5O. The van der Waals surface area contributed by atoms with E-state index in [1.807, 2.05) is 37.3 Å². The van der Waals surface area contributed by atoms with Crippen molar-refractivity contribution in [3.8, 4) is 5.75 Å². The van der Waals surface area contributed by atoms with Crippen LogP contribution in [0.3, 0.4) is 0 Å². The Labute approximate surface area is 151 Å². The van der Waals surface area contributed by atoms with Crippen LogP contribution in [0.25, 0.3) is 0 Å². The van der Waals surface area contributed by atoms with Gasteiger partial charge in [0.1, 0.15) is 23.2 Å². The number of ether oxygens (including phenoxy) is 1. The second-order valence-electron chi connectivity index (χ2n) is 5.33. The van der Waals surface area contributed by atoms with Crippen molar-refractivity contribution in [1.29, 1.82) is 0 Å². The van der Waals surface area contributed by atoms with Crippen LogP contribution in [0.5, 0.6) is 5.75 Å². The molecule has 0 saturated carbocycles. The highest BCUT2D eigenvalue weighted by Gasteiger charge is 2.06. The molecule has 2 heterocycles. The number of methoxy groups -OCH3 is 1. The Hall–Kier alpha value is -2.86. The summed E-state index contributed by atoms with van der Waals surface area (Å²) in [6, 6.07) is 13.1. The first-order valence-electron chi connectivity index (χ1n) is 7.74. The lowest BCUT2D eigenvalue weighted by molar-refractivity contribution is 0.415. The molecule has 0 spiro atoms. The first kappa shape index (κ1) is 17.0. The van der Waals surface area contributed by atoms with Gasteiger partial charge < -0.3 is 15.4 Å². The van der Waals surface area contributed by atoms with Crippen molar-refractivity contribution in [1.82, 2.24) is 15.0 Å². The van der Waals surface area contributed by atoms with E-state index in [4.69, 9.17) is 16.3 Å². The van der Waals surface area contributed by atoms with Gasteiger partial charge >= 0.3 is 0 Å². The van der Waals surface area contributed by atoms with Gasteiger partial charge in [-0.15, -0.1) is 0 Å². The number of rotatable bonds is 6. The highest BCUT2D eigenvalue weighted by atomic mass is 35.5. The van der Waals surface area contributed by atoms with Crippen molar-refractivity contribution in [2.45, 2.75) is 13.5 Å². The van der Waals surface area contributed by atoms with Gasteiger partial charge in [-0.25, -0.2) is 9.97 Å². The minimum atomic E-state index is 0.534. The summed E-state index contributed by atoms with van der Waals surface area (Å²) in [5, 5.41) is 7.02. The fourth-order valence-corrected chi connectivity index (χ4v) is 2.56. The standard InChI is InChI=1S/C18H18ClN5O/c1-12-22-17(21-11-14-5-3-4-8-20-14)10-18(23-12)24-13-6-7-16(25-2)15(19)9-13/h3-10H,11H2,1-2H3,(H2,21,22,23,24). The fourth-order valence-electron chi connectivity index (χ4n) is 2.30. The summed E-state index contributed by atoms with van der Waals surface area (Å²) in [5.74, 6) is 2.69. The Morgan fingerprint density at radius 3 is 2.64 bits per heavy atom. The number of aryl methyl sites for hydroxylation is 1. The summed E-state index contributed by atoms with van der Waals surface area (Å²) in [6.07, 6.45) is 1.77. The molecule has 0 unspecified atom stereocenters. The van der Waals surface area contributed by atoms with Crippen LogP contribution in [0.15, 0.2) is 48.7 Å². The predicted molar refractivity (Wildman–Crippen MR) is 99.6 cm³/mol. The molecule has 0 aliphatic heterocycles. The van der Waals surface area contributed by atoms with Gasteiger partial charge in [0, 0.05) is 18.0 Å². The molecule has 3 rings (SSSR count). The normalized spacial score (nSPS) is 10.4. The van der Waals surface area contributed by atoms with Crippen LogP contribution in [0, 0.1) is 6.92 Å². The molecule has 7 heteroatoms. The second kappa shape index (κ2) is 7.81. The van der Waals surface area contributed by atoms with E-state index in [-0.39, 0.29) is 0 Å². The third-order valence-corrected chi connectivity index (χ3v) is 3.73. The molecule has 3 aromatic rings. The molecule has 0 fully saturated rings. The van der Waals surface area contributed by atoms with Gasteiger partial charge in [-0.3, -0.25) is 4.98 Å². The van der Waals surface area contributed by atoms with Gasteiger partial charge in [0.15, 0.2) is 0 Å². The molecule has 2 aromatic heterocycles. The number of pyridine rings is 1. The van der Waals surface area contributed by atoms with Gasteiger partial charge in [-0.05, 0) is 37.3 Å². The van der Waals surface area contributed by atoms with E-state index in [9.17, 15) is 0 Å². The predicted octanol–water partition coefficient (Wildman–Crippen LogP) is 4.20. The number of benzene rings is 1. The molecular weight excluding hydrogens is 338 g/mol. The number of anilines is 3. The molecule has 2 N–H and O–H groups in total. The quantitative estimate of drug-likeness (QED) is 0.690. The first-order chi connectivity index (χ1) is 12.1. The van der Waals surface area contributed by atoms with Crippen LogP contribution in [0.2, 0.25) is 5.02 Å². The molecule has 128 valence electrons. The highest BCUT2D eigenvalue weighted by molar-refractivity contribution is 6.32. The molecule has 0 atom stereocenters. The van der Waals surface area contributed by atoms with E-state index in [1.165, 1.54) is 0 Å². The summed E-state index contributed by atoms with van der Waals surface area (Å²) in [6.45, 7) is 2.43. The van der Waals surface area contributed by atoms with E-state index >= 15 is 0 Å². The summed E-state index contributed by atoms with van der Waals surface area (Å²) >= 11 is 6.16. The number of nitrogens with zero attached hydrogens (tertiary/aromatic N) is 3. The van der Waals surface area contributed by atoms with Crippen LogP contribution in [0.4, 0.5) is 17.3 Å². The number of aromatic nitrogens is 3. The third kappa shape index (κ3) is 4.58. The molecule has 6 nitrogen and oxygen atoms in total. The highest BCUT2D eigenvalue weighted by Crippen LogP contribution is 2.28. The number of hydrogen-bond acceptors (Lipinski definition) is 6. The largest absolute Gasteiger partial charge is 0.495 e. The minimum absolute atomic E-state index is 0.534. The molecule has 1 aromatic carbocycles. The Morgan fingerprint density at radius 1 is 1.08 bits per heavy atom. The van der Waals surface area contributed by atoms with E-state index in [0.29, 0.717) is 29.0 Å². The van der Waals surface area contributed by atoms with Crippen LogP contribution in [-0.2, 0) is 6.54 Å². The summed E-state index contributed by atoms with van der Waals surface area (Å²) in [7, 11) is 1.58. The zero-order chi connectivity index (χ0) is 17.6. The Morgan fingerprint density at radius 2 is 1.92 bits per heavy atom. The molecule has 0 bridgehead atoms. The zero-order valence-corrected chi connectivity index (χ0v) is 14.7. The first-order valence-corrected chi connectivity index (χ1v) is 8.12. The second-order valence-corrected chi connectivity index (χ2v) is 5.74. The van der Waals surface area contributed by atoms with Crippen molar-refractivity contribution < 1.29 is 4.74 Å². The monoisotopic (exact) mass is 355 g/mol. The third-order valence-electron chi connectivity index (χ3n) is 3.44. The van der Waals surface area contributed by atoms with Crippen LogP contribution in [0.1, 0.15) is 11.5 Å². The van der Waals surface area contributed by atoms with E-state index in [0.717, 1.165) is 17.2 Å². The number of halogens is 1. The molecule has 25 heavy (non-hydrogen) atoms. The maximum absolute atomic E-state index is 6.16. The smallest absolute Gasteiger partial charge is 0.137 e. The maximum atomic E-state index is 6.16. The van der Waals surface area contributed by atoms with Crippen LogP contribution < -0.4 is 15.4 Å². The number of hydrogen-bond donors (Lipinski definition) is 2. The van der Waals surface area contributed by atoms with E-state index in [1.54, 1.807) is 25.4 Å². The Balaban J connectivity index is 1.74. The molecule has 0 saturated heterocycles. The molecule has 0 amide bonds. The van der Waals surface area contributed by atoms with Crippen molar-refractivity contribution in [3.63, 3.8) is 0 Å². The summed E-state index contributed by atoms with van der Waals surface area (Å²) in [4.78, 5) is 13.1. The van der Waals surface area contributed by atoms with Gasteiger partial charge in [-0.1, -0.05) is 17.7 Å². The molecule has 0 aliphatic rings. The van der Waals surface area contributed by atoms with E-state index < -0.39 is 0 Å². The lowest BCUT2D eigenvalue weighted by Gasteiger charge is -2.11. The van der Waals surface area contributed by atoms with Gasteiger partial charge in [0.25, 0.3) is 0 Å². The Bertz CT molecular complexity index is 857. The zero-order valence-electron chi connectivity index (χ0n) is 14.0. The topological polar surface area (TPSA) is 72.0 Å². The lowest BCUT2D eigenvalue weighted by Crippen LogP contribution is -2.06. The average Bonchev–Trinajstić information content (AvgIpc) is 2.61. The maximum Gasteiger partial charge on any atom is 0.137 e. The van der Waals surface area contributed by atoms with Crippen molar-refractivity contribution >= 4 is 28.9 Å². The summed E-state index contributed by atoms with van der Waals surface area (Å²) in [5.41, 5.74) is 1.76. The lowest BCUT2D eigenvalue weighted by atomic mass is 10.3. The van der Waals surface area contributed by atoms with E-state index in [2.05, 4.69) is 25.6 Å². The van der Waals surface area contributed by atoms with Gasteiger partial charge in [0.05, 0.1) is 24.4 Å². The van der Waals surface area contributed by atoms with Crippen molar-refractivity contribution in [2.24, 2.45) is 0 Å². The van der Waals surface area contributed by atoms with Gasteiger partial charge in [-0.2, -0.15) is 0 Å². The van der Waals surface area contributed by atoms with Crippen LogP contribution >= 0.6 is 11.6 Å². The van der Waals surface area contributed by atoms with Crippen molar-refractivity contribution in [3.05, 3.63) is 65.2 Å².